The van der Waals surface area contributed by atoms with Crippen LogP contribution in [0.15, 0.2) is 36.4 Å². The summed E-state index contributed by atoms with van der Waals surface area (Å²) in [5, 5.41) is 3.54. The zero-order valence-corrected chi connectivity index (χ0v) is 16.0. The zero-order valence-electron chi connectivity index (χ0n) is 15.2. The molecule has 0 aliphatic rings. The van der Waals surface area contributed by atoms with E-state index >= 15 is 0 Å². The van der Waals surface area contributed by atoms with Gasteiger partial charge >= 0.3 is 0 Å². The summed E-state index contributed by atoms with van der Waals surface area (Å²) in [7, 11) is 1.63. The monoisotopic (exact) mass is 370 g/mol. The number of methoxy groups -OCH3 is 1. The molecule has 6 heteroatoms. The molecule has 5 nitrogen and oxygen atoms in total. The minimum atomic E-state index is -0.0447. The summed E-state index contributed by atoms with van der Waals surface area (Å²) < 4.78 is 11.8. The Bertz CT molecular complexity index is 903. The van der Waals surface area contributed by atoms with E-state index in [2.05, 4.69) is 30.2 Å². The second-order valence-corrected chi connectivity index (χ2v) is 7.08. The van der Waals surface area contributed by atoms with Crippen LogP contribution in [0.4, 0.5) is 5.13 Å². The predicted octanol–water partition coefficient (Wildman–Crippen LogP) is 4.72. The minimum absolute atomic E-state index is 0.0447. The van der Waals surface area contributed by atoms with Crippen LogP contribution in [0.3, 0.4) is 0 Å². The normalized spacial score (nSPS) is 10.7. The SMILES string of the molecule is COc1ccc(OCCCC(=O)Nc2nc3c(C)c(C)ccc3s2)cc1. The summed E-state index contributed by atoms with van der Waals surface area (Å²) in [6.07, 6.45) is 1.03. The van der Waals surface area contributed by atoms with Crippen molar-refractivity contribution in [1.29, 1.82) is 0 Å². The number of amides is 1. The van der Waals surface area contributed by atoms with Gasteiger partial charge in [0.05, 0.1) is 23.9 Å². The molecular weight excluding hydrogens is 348 g/mol. The summed E-state index contributed by atoms with van der Waals surface area (Å²) >= 11 is 1.50. The number of carbonyl (C=O) groups excluding carboxylic acids is 1. The fourth-order valence-corrected chi connectivity index (χ4v) is 3.50. The Labute approximate surface area is 157 Å². The largest absolute Gasteiger partial charge is 0.497 e. The molecule has 0 saturated carbocycles. The standard InChI is InChI=1S/C20H22N2O3S/c1-13-6-11-17-19(14(13)2)22-20(26-17)21-18(23)5-4-12-25-16-9-7-15(24-3)8-10-16/h6-11H,4-5,12H2,1-3H3,(H,21,22,23). The van der Waals surface area contributed by atoms with Gasteiger partial charge in [-0.25, -0.2) is 4.98 Å². The van der Waals surface area contributed by atoms with Crippen molar-refractivity contribution in [2.45, 2.75) is 26.7 Å². The number of aryl methyl sites for hydroxylation is 2. The van der Waals surface area contributed by atoms with Crippen molar-refractivity contribution in [3.8, 4) is 11.5 Å². The molecule has 0 bridgehead atoms. The molecule has 0 unspecified atom stereocenters. The number of hydrogen-bond acceptors (Lipinski definition) is 5. The summed E-state index contributed by atoms with van der Waals surface area (Å²) in [5.74, 6) is 1.51. The highest BCUT2D eigenvalue weighted by Gasteiger charge is 2.10. The molecule has 0 fully saturated rings. The molecule has 3 aromatic rings. The highest BCUT2D eigenvalue weighted by atomic mass is 32.1. The summed E-state index contributed by atoms with van der Waals surface area (Å²) in [6, 6.07) is 11.5. The molecule has 0 atom stereocenters. The number of hydrogen-bond donors (Lipinski definition) is 1. The summed E-state index contributed by atoms with van der Waals surface area (Å²) in [4.78, 5) is 16.7. The minimum Gasteiger partial charge on any atom is -0.497 e. The van der Waals surface area contributed by atoms with Gasteiger partial charge in [0.15, 0.2) is 5.13 Å². The van der Waals surface area contributed by atoms with Gasteiger partial charge in [0.2, 0.25) is 5.91 Å². The number of nitrogens with zero attached hydrogens (tertiary/aromatic N) is 1. The fraction of sp³-hybridized carbons (Fsp3) is 0.300. The molecule has 0 radical (unpaired) electrons. The number of benzene rings is 2. The van der Waals surface area contributed by atoms with Gasteiger partial charge in [-0.15, -0.1) is 0 Å². The van der Waals surface area contributed by atoms with Crippen molar-refractivity contribution < 1.29 is 14.3 Å². The molecule has 1 N–H and O–H groups in total. The van der Waals surface area contributed by atoms with Crippen molar-refractivity contribution in [1.82, 2.24) is 4.98 Å². The number of carbonyl (C=O) groups is 1. The van der Waals surface area contributed by atoms with Gasteiger partial charge in [-0.2, -0.15) is 0 Å². The summed E-state index contributed by atoms with van der Waals surface area (Å²) in [6.45, 7) is 4.60. The number of thiazole rings is 1. The van der Waals surface area contributed by atoms with E-state index in [4.69, 9.17) is 9.47 Å². The molecule has 0 saturated heterocycles. The molecule has 3 rings (SSSR count). The van der Waals surface area contributed by atoms with Crippen LogP contribution in [-0.2, 0) is 4.79 Å². The maximum atomic E-state index is 12.1. The average molecular weight is 370 g/mol. The molecule has 136 valence electrons. The Balaban J connectivity index is 1.47. The van der Waals surface area contributed by atoms with Crippen LogP contribution in [0.5, 0.6) is 11.5 Å². The molecule has 0 spiro atoms. The third-order valence-corrected chi connectivity index (χ3v) is 5.14. The van der Waals surface area contributed by atoms with Crippen molar-refractivity contribution in [3.05, 3.63) is 47.5 Å². The average Bonchev–Trinajstić information content (AvgIpc) is 3.05. The van der Waals surface area contributed by atoms with Crippen LogP contribution in [0.2, 0.25) is 0 Å². The van der Waals surface area contributed by atoms with Gasteiger partial charge in [0.25, 0.3) is 0 Å². The molecule has 2 aromatic carbocycles. The van der Waals surface area contributed by atoms with E-state index in [-0.39, 0.29) is 5.91 Å². The lowest BCUT2D eigenvalue weighted by Gasteiger charge is -2.07. The Morgan fingerprint density at radius 3 is 2.58 bits per heavy atom. The third-order valence-electron chi connectivity index (χ3n) is 4.21. The number of nitrogens with one attached hydrogen (secondary N) is 1. The van der Waals surface area contributed by atoms with E-state index in [9.17, 15) is 4.79 Å². The lowest BCUT2D eigenvalue weighted by molar-refractivity contribution is -0.116. The van der Waals surface area contributed by atoms with Crippen LogP contribution in [0.1, 0.15) is 24.0 Å². The quantitative estimate of drug-likeness (QED) is 0.611. The van der Waals surface area contributed by atoms with E-state index in [0.717, 1.165) is 27.3 Å². The van der Waals surface area contributed by atoms with Crippen LogP contribution in [-0.4, -0.2) is 24.6 Å². The molecule has 26 heavy (non-hydrogen) atoms. The lowest BCUT2D eigenvalue weighted by atomic mass is 10.1. The highest BCUT2D eigenvalue weighted by Crippen LogP contribution is 2.29. The fourth-order valence-electron chi connectivity index (χ4n) is 2.56. The molecule has 0 aliphatic heterocycles. The lowest BCUT2D eigenvalue weighted by Crippen LogP contribution is -2.12. The Kier molecular flexibility index (Phi) is 5.73. The van der Waals surface area contributed by atoms with E-state index < -0.39 is 0 Å². The van der Waals surface area contributed by atoms with Crippen LogP contribution < -0.4 is 14.8 Å². The van der Waals surface area contributed by atoms with Gasteiger partial charge in [0.1, 0.15) is 11.5 Å². The first-order chi connectivity index (χ1) is 12.6. The van der Waals surface area contributed by atoms with Crippen LogP contribution in [0, 0.1) is 13.8 Å². The predicted molar refractivity (Wildman–Crippen MR) is 105 cm³/mol. The molecule has 1 amide bonds. The summed E-state index contributed by atoms with van der Waals surface area (Å²) in [5.41, 5.74) is 3.33. The first kappa shape index (κ1) is 18.2. The number of anilines is 1. The second kappa shape index (κ2) is 8.19. The molecule has 0 aliphatic carbocycles. The number of aromatic nitrogens is 1. The van der Waals surface area contributed by atoms with Crippen molar-refractivity contribution in [2.75, 3.05) is 19.0 Å². The van der Waals surface area contributed by atoms with Crippen molar-refractivity contribution in [3.63, 3.8) is 0 Å². The molecule has 1 aromatic heterocycles. The van der Waals surface area contributed by atoms with Crippen LogP contribution >= 0.6 is 11.3 Å². The first-order valence-corrected chi connectivity index (χ1v) is 9.32. The zero-order chi connectivity index (χ0) is 18.5. The smallest absolute Gasteiger partial charge is 0.226 e. The number of ether oxygens (including phenoxy) is 2. The Hall–Kier alpha value is -2.60. The topological polar surface area (TPSA) is 60.5 Å². The maximum Gasteiger partial charge on any atom is 0.226 e. The van der Waals surface area contributed by atoms with Gasteiger partial charge in [0, 0.05) is 6.42 Å². The Morgan fingerprint density at radius 1 is 1.12 bits per heavy atom. The van der Waals surface area contributed by atoms with E-state index in [1.54, 1.807) is 7.11 Å². The van der Waals surface area contributed by atoms with Crippen molar-refractivity contribution >= 4 is 32.6 Å². The second-order valence-electron chi connectivity index (χ2n) is 6.05. The van der Waals surface area contributed by atoms with Gasteiger partial charge in [-0.3, -0.25) is 4.79 Å². The highest BCUT2D eigenvalue weighted by molar-refractivity contribution is 7.22. The number of rotatable bonds is 7. The number of fused-ring (bicyclic) bond motifs is 1. The van der Waals surface area contributed by atoms with E-state index in [1.807, 2.05) is 30.3 Å². The van der Waals surface area contributed by atoms with E-state index in [1.165, 1.54) is 16.9 Å². The third kappa shape index (κ3) is 4.32. The van der Waals surface area contributed by atoms with Crippen molar-refractivity contribution in [2.24, 2.45) is 0 Å². The molecular formula is C20H22N2O3S. The van der Waals surface area contributed by atoms with Gasteiger partial charge in [-0.1, -0.05) is 17.4 Å². The van der Waals surface area contributed by atoms with Gasteiger partial charge < -0.3 is 14.8 Å². The van der Waals surface area contributed by atoms with Crippen LogP contribution in [0.25, 0.3) is 10.2 Å². The maximum absolute atomic E-state index is 12.1. The Morgan fingerprint density at radius 2 is 1.85 bits per heavy atom. The van der Waals surface area contributed by atoms with Gasteiger partial charge in [-0.05, 0) is 61.7 Å². The first-order valence-electron chi connectivity index (χ1n) is 8.50. The molecule has 1 heterocycles. The van der Waals surface area contributed by atoms with E-state index in [0.29, 0.717) is 24.6 Å².